The van der Waals surface area contributed by atoms with Crippen molar-refractivity contribution in [2.45, 2.75) is 0 Å². The summed E-state index contributed by atoms with van der Waals surface area (Å²) in [6.45, 7) is -0.355. The van der Waals surface area contributed by atoms with E-state index in [-0.39, 0.29) is 30.0 Å². The number of carbonyl (C=O) groups is 3. The third-order valence-corrected chi connectivity index (χ3v) is 10.3. The van der Waals surface area contributed by atoms with Crippen LogP contribution in [0.3, 0.4) is 0 Å². The average Bonchev–Trinajstić information content (AvgIpc) is 2.92. The highest BCUT2D eigenvalue weighted by Crippen LogP contribution is 2.45. The third kappa shape index (κ3) is 4.76. The highest BCUT2D eigenvalue weighted by molar-refractivity contribution is 9.15. The zero-order valence-electron chi connectivity index (χ0n) is 14.2. The third-order valence-electron chi connectivity index (χ3n) is 3.87. The molecule has 1 aliphatic heterocycles. The van der Waals surface area contributed by atoms with Crippen LogP contribution >= 0.6 is 112 Å². The minimum absolute atomic E-state index is 0.127. The van der Waals surface area contributed by atoms with Crippen LogP contribution in [0.2, 0.25) is 0 Å². The molecule has 2 amide bonds. The van der Waals surface area contributed by atoms with Gasteiger partial charge in [-0.25, -0.2) is 4.79 Å². The van der Waals surface area contributed by atoms with Gasteiger partial charge in [0, 0.05) is 22.4 Å². The van der Waals surface area contributed by atoms with Gasteiger partial charge in [0.25, 0.3) is 11.8 Å². The van der Waals surface area contributed by atoms with Gasteiger partial charge in [0.05, 0.1) is 26.6 Å². The molecule has 0 saturated carbocycles. The summed E-state index contributed by atoms with van der Waals surface area (Å²) in [4.78, 5) is 38.6. The summed E-state index contributed by atoms with van der Waals surface area (Å²) < 4.78 is 14.2. The smallest absolute Gasteiger partial charge is 0.432 e. The molecule has 2 aromatic rings. The first-order valence-electron chi connectivity index (χ1n) is 7.75. The number of hydrogen-bond donors (Lipinski definition) is 0. The lowest BCUT2D eigenvalue weighted by Gasteiger charge is -2.14. The summed E-state index contributed by atoms with van der Waals surface area (Å²) in [5.74, 6) is -0.747. The first-order chi connectivity index (χ1) is 14.0. The summed E-state index contributed by atoms with van der Waals surface area (Å²) in [7, 11) is 0. The first-order valence-corrected chi connectivity index (χ1v) is 13.3. The van der Waals surface area contributed by atoms with Crippen molar-refractivity contribution in [1.82, 2.24) is 4.90 Å². The molecule has 3 rings (SSSR count). The SMILES string of the molecule is O=C(OCCN1C(=O)c2c(Br)c(Br)c(Br)c(Br)c2C1=O)Oc1c(Br)cc(Br)cc1Br. The second-order valence-electron chi connectivity index (χ2n) is 5.67. The van der Waals surface area contributed by atoms with Gasteiger partial charge in [-0.1, -0.05) is 15.9 Å². The highest BCUT2D eigenvalue weighted by Gasteiger charge is 2.40. The lowest BCUT2D eigenvalue weighted by Crippen LogP contribution is -2.33. The van der Waals surface area contributed by atoms with Crippen LogP contribution in [-0.4, -0.2) is 36.0 Å². The Hall–Kier alpha value is 0.210. The summed E-state index contributed by atoms with van der Waals surface area (Å²) in [6.07, 6.45) is -0.969. The zero-order chi connectivity index (χ0) is 22.3. The molecule has 0 atom stereocenters. The van der Waals surface area contributed by atoms with Gasteiger partial charge in [-0.3, -0.25) is 14.5 Å². The Labute approximate surface area is 229 Å². The van der Waals surface area contributed by atoms with E-state index in [4.69, 9.17) is 9.47 Å². The number of amides is 2. The fourth-order valence-electron chi connectivity index (χ4n) is 2.56. The van der Waals surface area contributed by atoms with Crippen molar-refractivity contribution in [1.29, 1.82) is 0 Å². The molecule has 0 spiro atoms. The van der Waals surface area contributed by atoms with Gasteiger partial charge in [0.2, 0.25) is 0 Å². The van der Waals surface area contributed by atoms with Crippen LogP contribution in [0.15, 0.2) is 43.4 Å². The molecule has 2 aromatic carbocycles. The van der Waals surface area contributed by atoms with Gasteiger partial charge in [0.1, 0.15) is 6.61 Å². The molecule has 0 radical (unpaired) electrons. The molecule has 6 nitrogen and oxygen atoms in total. The van der Waals surface area contributed by atoms with Gasteiger partial charge in [-0.2, -0.15) is 0 Å². The minimum atomic E-state index is -0.969. The van der Waals surface area contributed by atoms with Crippen LogP contribution in [0.25, 0.3) is 0 Å². The number of rotatable bonds is 4. The van der Waals surface area contributed by atoms with Gasteiger partial charge in [0.15, 0.2) is 5.75 Å². The predicted molar refractivity (Wildman–Crippen MR) is 134 cm³/mol. The minimum Gasteiger partial charge on any atom is -0.432 e. The molecule has 0 unspecified atom stereocenters. The van der Waals surface area contributed by atoms with Crippen LogP contribution in [0.4, 0.5) is 4.79 Å². The predicted octanol–water partition coefficient (Wildman–Crippen LogP) is 7.84. The Balaban J connectivity index is 1.68. The van der Waals surface area contributed by atoms with E-state index in [0.717, 1.165) is 9.37 Å². The van der Waals surface area contributed by atoms with Gasteiger partial charge in [-0.15, -0.1) is 0 Å². The maximum Gasteiger partial charge on any atom is 0.513 e. The molecule has 1 aliphatic rings. The molecule has 0 N–H and O–H groups in total. The van der Waals surface area contributed by atoms with E-state index in [1.54, 1.807) is 12.1 Å². The largest absolute Gasteiger partial charge is 0.513 e. The molecule has 0 aromatic heterocycles. The number of hydrogen-bond acceptors (Lipinski definition) is 5. The van der Waals surface area contributed by atoms with Crippen LogP contribution in [0, 0.1) is 0 Å². The zero-order valence-corrected chi connectivity index (χ0v) is 25.3. The molecule has 158 valence electrons. The summed E-state index contributed by atoms with van der Waals surface area (Å²) in [5, 5.41) is 0. The Morgan fingerprint density at radius 1 is 0.800 bits per heavy atom. The van der Waals surface area contributed by atoms with E-state index in [0.29, 0.717) is 26.8 Å². The van der Waals surface area contributed by atoms with Crippen LogP contribution in [-0.2, 0) is 4.74 Å². The van der Waals surface area contributed by atoms with E-state index in [2.05, 4.69) is 112 Å². The summed E-state index contributed by atoms with van der Waals surface area (Å²) in [5.41, 5.74) is 0.458. The van der Waals surface area contributed by atoms with E-state index in [9.17, 15) is 14.4 Å². The number of halogens is 7. The fourth-order valence-corrected chi connectivity index (χ4v) is 7.44. The second kappa shape index (κ2) is 10.0. The Bertz CT molecular complexity index is 1030. The highest BCUT2D eigenvalue weighted by atomic mass is 79.9. The lowest BCUT2D eigenvalue weighted by atomic mass is 10.1. The van der Waals surface area contributed by atoms with Gasteiger partial charge in [-0.05, 0) is 108 Å². The van der Waals surface area contributed by atoms with Crippen LogP contribution in [0.5, 0.6) is 5.75 Å². The van der Waals surface area contributed by atoms with E-state index < -0.39 is 18.0 Å². The first kappa shape index (κ1) is 24.8. The van der Waals surface area contributed by atoms with Crippen molar-refractivity contribution >= 4 is 129 Å². The monoisotopic (exact) mass is 856 g/mol. The number of carbonyl (C=O) groups excluding carboxylic acids is 3. The molecular weight excluding hydrogens is 858 g/mol. The molecule has 0 bridgehead atoms. The maximum absolute atomic E-state index is 12.8. The number of benzene rings is 2. The maximum atomic E-state index is 12.8. The Morgan fingerprint density at radius 3 is 1.73 bits per heavy atom. The Morgan fingerprint density at radius 2 is 1.27 bits per heavy atom. The summed E-state index contributed by atoms with van der Waals surface area (Å²) in [6, 6.07) is 3.41. The van der Waals surface area contributed by atoms with Crippen LogP contribution in [0.1, 0.15) is 20.7 Å². The second-order valence-corrected chi connectivity index (χ2v) is 11.5. The van der Waals surface area contributed by atoms with Gasteiger partial charge >= 0.3 is 6.16 Å². The van der Waals surface area contributed by atoms with Crippen LogP contribution < -0.4 is 4.74 Å². The van der Waals surface area contributed by atoms with Gasteiger partial charge < -0.3 is 9.47 Å². The molecule has 30 heavy (non-hydrogen) atoms. The molecule has 1 heterocycles. The van der Waals surface area contributed by atoms with Crippen molar-refractivity contribution < 1.29 is 23.9 Å². The topological polar surface area (TPSA) is 72.9 Å². The molecule has 0 aliphatic carbocycles. The van der Waals surface area contributed by atoms with Crippen molar-refractivity contribution in [3.63, 3.8) is 0 Å². The normalized spacial score (nSPS) is 13.0. The number of fused-ring (bicyclic) bond motifs is 1. The van der Waals surface area contributed by atoms with E-state index >= 15 is 0 Å². The number of imide groups is 1. The van der Waals surface area contributed by atoms with Crippen molar-refractivity contribution in [3.05, 3.63) is 54.6 Å². The van der Waals surface area contributed by atoms with E-state index in [1.165, 1.54) is 0 Å². The molecule has 13 heteroatoms. The Kier molecular flexibility index (Phi) is 8.28. The quantitative estimate of drug-likeness (QED) is 0.103. The lowest BCUT2D eigenvalue weighted by molar-refractivity contribution is 0.0562. The van der Waals surface area contributed by atoms with Crippen molar-refractivity contribution in [2.24, 2.45) is 0 Å². The number of ether oxygens (including phenoxy) is 2. The standard InChI is InChI=1S/C17H6Br7NO5/c18-5-3-6(19)14(7(20)4-5)30-17(28)29-2-1-25-15(26)8-9(16(25)27)11(22)13(24)12(23)10(8)21/h3-4H,1-2H2. The number of nitrogens with zero attached hydrogens (tertiary/aromatic N) is 1. The average molecular weight is 864 g/mol. The van der Waals surface area contributed by atoms with Crippen molar-refractivity contribution in [3.8, 4) is 5.75 Å². The molecule has 0 fully saturated rings. The van der Waals surface area contributed by atoms with Crippen molar-refractivity contribution in [2.75, 3.05) is 13.2 Å². The fraction of sp³-hybridized carbons (Fsp3) is 0.118. The molecular formula is C17H6Br7NO5. The summed E-state index contributed by atoms with van der Waals surface area (Å²) >= 11 is 23.3. The van der Waals surface area contributed by atoms with E-state index in [1.807, 2.05) is 0 Å². The molecule has 0 saturated heterocycles.